The van der Waals surface area contributed by atoms with E-state index < -0.39 is 10.4 Å². The van der Waals surface area contributed by atoms with Gasteiger partial charge in [0.15, 0.2) is 0 Å². The molecule has 9 heavy (non-hydrogen) atoms. The fraction of sp³-hybridized carbons (Fsp3) is 0.500. The van der Waals surface area contributed by atoms with Crippen LogP contribution in [-0.4, -0.2) is 13.0 Å². The summed E-state index contributed by atoms with van der Waals surface area (Å²) >= 11 is 0. The van der Waals surface area contributed by atoms with Crippen molar-refractivity contribution >= 4 is 10.4 Å². The van der Waals surface area contributed by atoms with Crippen molar-refractivity contribution in [2.24, 2.45) is 0 Å². The highest BCUT2D eigenvalue weighted by Gasteiger charge is 1.98. The molecule has 4 nitrogen and oxygen atoms in total. The van der Waals surface area contributed by atoms with Gasteiger partial charge in [-0.15, -0.1) is 0 Å². The molecule has 0 bridgehead atoms. The second-order valence-corrected chi connectivity index (χ2v) is 2.17. The summed E-state index contributed by atoms with van der Waals surface area (Å²) in [6, 6.07) is 0. The zero-order valence-corrected chi connectivity index (χ0v) is 5.60. The zero-order valence-electron chi connectivity index (χ0n) is 4.79. The molecular weight excluding hydrogens is 144 g/mol. The van der Waals surface area contributed by atoms with Crippen LogP contribution in [0, 0.1) is 12.0 Å². The molecule has 0 fully saturated rings. The van der Waals surface area contributed by atoms with Crippen LogP contribution < -0.4 is 0 Å². The Morgan fingerprint density at radius 1 is 1.67 bits per heavy atom. The summed E-state index contributed by atoms with van der Waals surface area (Å²) in [4.78, 5) is 0. The van der Waals surface area contributed by atoms with E-state index in [2.05, 4.69) is 10.1 Å². The number of hydrogen-bond acceptors (Lipinski definition) is 3. The summed E-state index contributed by atoms with van der Waals surface area (Å²) in [6.07, 6.45) is 2.27. The molecule has 0 unspecified atom stereocenters. The third-order valence-electron chi connectivity index (χ3n) is 0.396. The standard InChI is InChI=1S/C4H6O4S/c1-2-3-4-8-9(5,6)7/h2H2,1H3,(H,5,6,7). The molecule has 0 aliphatic carbocycles. The first-order valence-electron chi connectivity index (χ1n) is 2.20. The molecule has 1 N–H and O–H groups in total. The molecule has 0 rings (SSSR count). The highest BCUT2D eigenvalue weighted by Crippen LogP contribution is 1.81. The lowest BCUT2D eigenvalue weighted by Crippen LogP contribution is -1.97. The Morgan fingerprint density at radius 2 is 2.22 bits per heavy atom. The average Bonchev–Trinajstić information content (AvgIpc) is 1.63. The zero-order chi connectivity index (χ0) is 7.33. The van der Waals surface area contributed by atoms with E-state index in [1.165, 1.54) is 0 Å². The van der Waals surface area contributed by atoms with Gasteiger partial charge in [-0.25, -0.2) is 0 Å². The summed E-state index contributed by atoms with van der Waals surface area (Å²) in [5, 5.41) is 0. The molecular formula is C4H6O4S. The smallest absolute Gasteiger partial charge is 0.307 e. The summed E-state index contributed by atoms with van der Waals surface area (Å²) in [6.45, 7) is 1.72. The quantitative estimate of drug-likeness (QED) is 0.427. The SMILES string of the molecule is CCC#COS(=O)(=O)O. The monoisotopic (exact) mass is 150 g/mol. The van der Waals surface area contributed by atoms with Gasteiger partial charge in [0.2, 0.25) is 0 Å². The predicted octanol–water partition coefficient (Wildman–Crippen LogP) is 0.177. The second kappa shape index (κ2) is 3.33. The molecule has 0 aromatic rings. The first-order valence-corrected chi connectivity index (χ1v) is 3.56. The summed E-state index contributed by atoms with van der Waals surface area (Å²) in [5.41, 5.74) is 0. The average molecular weight is 150 g/mol. The van der Waals surface area contributed by atoms with Crippen LogP contribution in [0.2, 0.25) is 0 Å². The van der Waals surface area contributed by atoms with Crippen molar-refractivity contribution in [1.82, 2.24) is 0 Å². The Balaban J connectivity index is 3.79. The molecule has 0 saturated carbocycles. The van der Waals surface area contributed by atoms with Crippen molar-refractivity contribution in [3.05, 3.63) is 0 Å². The largest absolute Gasteiger partial charge is 0.454 e. The Labute approximate surface area is 53.8 Å². The van der Waals surface area contributed by atoms with Crippen LogP contribution >= 0.6 is 0 Å². The molecule has 0 radical (unpaired) electrons. The first-order chi connectivity index (χ1) is 4.06. The first kappa shape index (κ1) is 8.27. The molecule has 0 atom stereocenters. The number of hydrogen-bond donors (Lipinski definition) is 1. The van der Waals surface area contributed by atoms with Crippen LogP contribution in [0.4, 0.5) is 0 Å². The summed E-state index contributed by atoms with van der Waals surface area (Å²) < 4.78 is 31.0. The third kappa shape index (κ3) is 7.27. The molecule has 0 amide bonds. The van der Waals surface area contributed by atoms with Gasteiger partial charge in [0.25, 0.3) is 0 Å². The van der Waals surface area contributed by atoms with Crippen molar-refractivity contribution in [3.8, 4) is 12.0 Å². The van der Waals surface area contributed by atoms with Crippen LogP contribution in [0.3, 0.4) is 0 Å². The van der Waals surface area contributed by atoms with E-state index in [0.717, 1.165) is 0 Å². The van der Waals surface area contributed by atoms with E-state index in [0.29, 0.717) is 6.42 Å². The normalized spacial score (nSPS) is 9.56. The van der Waals surface area contributed by atoms with E-state index in [9.17, 15) is 8.42 Å². The van der Waals surface area contributed by atoms with E-state index in [1.54, 1.807) is 13.0 Å². The fourth-order valence-electron chi connectivity index (χ4n) is 0.154. The van der Waals surface area contributed by atoms with Crippen molar-refractivity contribution in [2.75, 3.05) is 0 Å². The molecule has 0 aromatic carbocycles. The van der Waals surface area contributed by atoms with Crippen molar-refractivity contribution < 1.29 is 17.2 Å². The van der Waals surface area contributed by atoms with Crippen molar-refractivity contribution in [3.63, 3.8) is 0 Å². The van der Waals surface area contributed by atoms with Gasteiger partial charge in [-0.3, -0.25) is 4.55 Å². The van der Waals surface area contributed by atoms with Gasteiger partial charge >= 0.3 is 10.4 Å². The number of rotatable bonds is 1. The van der Waals surface area contributed by atoms with Crippen LogP contribution in [0.25, 0.3) is 0 Å². The van der Waals surface area contributed by atoms with E-state index in [4.69, 9.17) is 4.55 Å². The molecule has 52 valence electrons. The molecule has 0 saturated heterocycles. The molecule has 0 aromatic heterocycles. The van der Waals surface area contributed by atoms with Crippen molar-refractivity contribution in [1.29, 1.82) is 0 Å². The lowest BCUT2D eigenvalue weighted by atomic mass is 10.5. The molecule has 0 heterocycles. The topological polar surface area (TPSA) is 63.6 Å². The molecule has 0 aliphatic heterocycles. The van der Waals surface area contributed by atoms with Gasteiger partial charge in [-0.2, -0.15) is 8.42 Å². The maximum Gasteiger partial charge on any atom is 0.454 e. The van der Waals surface area contributed by atoms with Gasteiger partial charge in [-0.05, 0) is 0 Å². The van der Waals surface area contributed by atoms with Gasteiger partial charge < -0.3 is 4.18 Å². The Bertz CT molecular complexity index is 217. The van der Waals surface area contributed by atoms with Crippen LogP contribution in [-0.2, 0) is 14.6 Å². The van der Waals surface area contributed by atoms with Gasteiger partial charge in [0, 0.05) is 6.42 Å². The van der Waals surface area contributed by atoms with E-state index in [1.807, 2.05) is 0 Å². The summed E-state index contributed by atoms with van der Waals surface area (Å²) in [7, 11) is -4.37. The highest BCUT2D eigenvalue weighted by molar-refractivity contribution is 7.81. The maximum atomic E-state index is 9.74. The highest BCUT2D eigenvalue weighted by atomic mass is 32.3. The van der Waals surface area contributed by atoms with Gasteiger partial charge in [-0.1, -0.05) is 12.8 Å². The molecule has 5 heteroatoms. The minimum atomic E-state index is -4.37. The van der Waals surface area contributed by atoms with Crippen LogP contribution in [0.1, 0.15) is 13.3 Å². The van der Waals surface area contributed by atoms with Gasteiger partial charge in [0.05, 0.1) is 0 Å². The minimum Gasteiger partial charge on any atom is -0.307 e. The molecule has 0 spiro atoms. The Morgan fingerprint density at radius 3 is 2.56 bits per heavy atom. The molecule has 0 aliphatic rings. The van der Waals surface area contributed by atoms with E-state index >= 15 is 0 Å². The Kier molecular flexibility index (Phi) is 3.06. The lowest BCUT2D eigenvalue weighted by Gasteiger charge is -1.84. The maximum absolute atomic E-state index is 9.74. The second-order valence-electron chi connectivity index (χ2n) is 1.14. The minimum absolute atomic E-state index is 0.482. The van der Waals surface area contributed by atoms with E-state index in [-0.39, 0.29) is 0 Å². The van der Waals surface area contributed by atoms with Crippen LogP contribution in [0.15, 0.2) is 0 Å². The predicted molar refractivity (Wildman–Crippen MR) is 30.7 cm³/mol. The lowest BCUT2D eigenvalue weighted by molar-refractivity contribution is 0.370. The Hall–Kier alpha value is -0.730. The fourth-order valence-corrected chi connectivity index (χ4v) is 0.319. The van der Waals surface area contributed by atoms with Crippen molar-refractivity contribution in [2.45, 2.75) is 13.3 Å². The van der Waals surface area contributed by atoms with Gasteiger partial charge in [0.1, 0.15) is 6.11 Å². The summed E-state index contributed by atoms with van der Waals surface area (Å²) in [5.74, 6) is 2.29. The van der Waals surface area contributed by atoms with Crippen LogP contribution in [0.5, 0.6) is 0 Å². The third-order valence-corrected chi connectivity index (χ3v) is 0.690.